The molecule has 0 unspecified atom stereocenters. The maximum atomic E-state index is 4.80. The molecule has 152 valence electrons. The molecule has 0 amide bonds. The highest BCUT2D eigenvalue weighted by molar-refractivity contribution is 5.49. The average molecular weight is 383 g/mol. The number of hydrogen-bond donors (Lipinski definition) is 2. The van der Waals surface area contributed by atoms with Gasteiger partial charge in [0.15, 0.2) is 0 Å². The van der Waals surface area contributed by atoms with Crippen molar-refractivity contribution in [1.82, 2.24) is 25.4 Å². The van der Waals surface area contributed by atoms with Crippen molar-refractivity contribution in [3.8, 4) is 0 Å². The average Bonchev–Trinajstić information content (AvgIpc) is 3.33. The summed E-state index contributed by atoms with van der Waals surface area (Å²) < 4.78 is 0. The summed E-state index contributed by atoms with van der Waals surface area (Å²) in [5.74, 6) is 0. The van der Waals surface area contributed by atoms with Crippen LogP contribution in [-0.2, 0) is 12.0 Å². The third-order valence-corrected chi connectivity index (χ3v) is 5.97. The Morgan fingerprint density at radius 3 is 2.61 bits per heavy atom. The van der Waals surface area contributed by atoms with Gasteiger partial charge in [-0.15, -0.1) is 0 Å². The second-order valence-corrected chi connectivity index (χ2v) is 9.32. The second-order valence-electron chi connectivity index (χ2n) is 9.32. The normalized spacial score (nSPS) is 21.4. The number of aromatic amines is 1. The molecule has 0 aliphatic carbocycles. The minimum absolute atomic E-state index is 0.104. The number of piperazine rings is 1. The minimum atomic E-state index is 0.104. The lowest BCUT2D eigenvalue weighted by atomic mass is 9.89. The molecule has 2 saturated heterocycles. The van der Waals surface area contributed by atoms with Crippen LogP contribution in [-0.4, -0.2) is 52.8 Å². The lowest BCUT2D eigenvalue weighted by molar-refractivity contribution is 0.248. The van der Waals surface area contributed by atoms with E-state index >= 15 is 0 Å². The topological polar surface area (TPSA) is 60.1 Å². The largest absolute Gasteiger partial charge is 0.369 e. The van der Waals surface area contributed by atoms with Gasteiger partial charge in [0.1, 0.15) is 0 Å². The molecule has 2 aromatic heterocycles. The molecule has 4 heterocycles. The molecule has 2 N–H and O–H groups in total. The van der Waals surface area contributed by atoms with Gasteiger partial charge in [-0.1, -0.05) is 20.8 Å². The molecule has 0 radical (unpaired) electrons. The van der Waals surface area contributed by atoms with Gasteiger partial charge in [0.2, 0.25) is 0 Å². The van der Waals surface area contributed by atoms with Crippen LogP contribution in [0, 0.1) is 6.92 Å². The molecule has 2 fully saturated rings. The summed E-state index contributed by atoms with van der Waals surface area (Å²) in [6.07, 6.45) is 4.45. The predicted octanol–water partition coefficient (Wildman–Crippen LogP) is 3.16. The molecule has 1 atom stereocenters. The summed E-state index contributed by atoms with van der Waals surface area (Å²) in [6, 6.07) is 4.97. The molecule has 2 aliphatic rings. The monoisotopic (exact) mass is 382 g/mol. The Bertz CT molecular complexity index is 792. The fourth-order valence-corrected chi connectivity index (χ4v) is 4.46. The van der Waals surface area contributed by atoms with E-state index in [4.69, 9.17) is 4.98 Å². The van der Waals surface area contributed by atoms with Crippen LogP contribution in [0.2, 0.25) is 0 Å². The fourth-order valence-electron chi connectivity index (χ4n) is 4.46. The van der Waals surface area contributed by atoms with Crippen LogP contribution in [0.1, 0.15) is 62.3 Å². The third-order valence-electron chi connectivity index (χ3n) is 5.97. The van der Waals surface area contributed by atoms with Gasteiger partial charge in [0.25, 0.3) is 0 Å². The highest BCUT2D eigenvalue weighted by Gasteiger charge is 2.24. The first-order chi connectivity index (χ1) is 13.4. The van der Waals surface area contributed by atoms with E-state index in [2.05, 4.69) is 65.1 Å². The number of aromatic nitrogens is 3. The Balaban J connectivity index is 1.40. The van der Waals surface area contributed by atoms with Gasteiger partial charge in [0.05, 0.1) is 11.9 Å². The molecule has 0 spiro atoms. The van der Waals surface area contributed by atoms with Crippen molar-refractivity contribution in [1.29, 1.82) is 0 Å². The number of pyridine rings is 1. The maximum absolute atomic E-state index is 4.80. The Kier molecular flexibility index (Phi) is 5.43. The van der Waals surface area contributed by atoms with Crippen molar-refractivity contribution in [2.24, 2.45) is 0 Å². The van der Waals surface area contributed by atoms with Gasteiger partial charge < -0.3 is 10.2 Å². The number of nitrogens with zero attached hydrogens (tertiary/aromatic N) is 4. The molecule has 0 aromatic carbocycles. The van der Waals surface area contributed by atoms with Crippen LogP contribution in [0.4, 0.5) is 5.69 Å². The number of nitrogens with one attached hydrogen (secondary N) is 2. The first kappa shape index (κ1) is 19.4. The summed E-state index contributed by atoms with van der Waals surface area (Å²) in [7, 11) is 0. The molecule has 6 heteroatoms. The predicted molar refractivity (Wildman–Crippen MR) is 114 cm³/mol. The highest BCUT2D eigenvalue weighted by atomic mass is 15.3. The number of anilines is 1. The number of rotatable bonds is 4. The Labute approximate surface area is 168 Å². The van der Waals surface area contributed by atoms with Gasteiger partial charge in [-0.25, -0.2) is 0 Å². The summed E-state index contributed by atoms with van der Waals surface area (Å²) >= 11 is 0. The van der Waals surface area contributed by atoms with Crippen molar-refractivity contribution in [2.45, 2.75) is 58.5 Å². The molecular weight excluding hydrogens is 348 g/mol. The zero-order valence-electron chi connectivity index (χ0n) is 17.8. The minimum Gasteiger partial charge on any atom is -0.369 e. The highest BCUT2D eigenvalue weighted by Crippen LogP contribution is 2.28. The van der Waals surface area contributed by atoms with Gasteiger partial charge in [-0.3, -0.25) is 15.0 Å². The summed E-state index contributed by atoms with van der Waals surface area (Å²) in [5.41, 5.74) is 6.35. The lowest BCUT2D eigenvalue weighted by Gasteiger charge is -2.36. The van der Waals surface area contributed by atoms with Crippen LogP contribution in [0.3, 0.4) is 0 Å². The molecule has 0 saturated carbocycles. The van der Waals surface area contributed by atoms with E-state index in [1.165, 1.54) is 35.5 Å². The van der Waals surface area contributed by atoms with E-state index in [0.717, 1.165) is 45.0 Å². The number of H-pyrrole nitrogens is 1. The van der Waals surface area contributed by atoms with Gasteiger partial charge in [-0.05, 0) is 38.4 Å². The molecule has 2 aliphatic heterocycles. The lowest BCUT2D eigenvalue weighted by Crippen LogP contribution is -2.46. The van der Waals surface area contributed by atoms with E-state index in [9.17, 15) is 0 Å². The van der Waals surface area contributed by atoms with E-state index < -0.39 is 0 Å². The molecule has 0 bridgehead atoms. The summed E-state index contributed by atoms with van der Waals surface area (Å²) in [5, 5.41) is 11.1. The Morgan fingerprint density at radius 2 is 1.93 bits per heavy atom. The molecule has 28 heavy (non-hydrogen) atoms. The first-order valence-corrected chi connectivity index (χ1v) is 10.6. The van der Waals surface area contributed by atoms with Crippen molar-refractivity contribution in [2.75, 3.05) is 37.6 Å². The van der Waals surface area contributed by atoms with E-state index in [-0.39, 0.29) is 5.41 Å². The van der Waals surface area contributed by atoms with Gasteiger partial charge >= 0.3 is 0 Å². The SMILES string of the molecule is Cc1cc(N2CCN(Cc3cn[nH]c3C(C)(C)C)CC2)cc([C@H]2CCCN2)n1. The molecule has 4 rings (SSSR count). The van der Waals surface area contributed by atoms with Crippen molar-refractivity contribution in [3.05, 3.63) is 41.0 Å². The smallest absolute Gasteiger partial charge is 0.0596 e. The quantitative estimate of drug-likeness (QED) is 0.851. The second kappa shape index (κ2) is 7.84. The zero-order chi connectivity index (χ0) is 19.7. The van der Waals surface area contributed by atoms with Crippen LogP contribution < -0.4 is 10.2 Å². The van der Waals surface area contributed by atoms with Crippen molar-refractivity contribution in [3.63, 3.8) is 0 Å². The Morgan fingerprint density at radius 1 is 1.14 bits per heavy atom. The Hall–Kier alpha value is -1.92. The van der Waals surface area contributed by atoms with E-state index in [1.54, 1.807) is 0 Å². The van der Waals surface area contributed by atoms with Crippen molar-refractivity contribution < 1.29 is 0 Å². The van der Waals surface area contributed by atoms with Crippen LogP contribution >= 0.6 is 0 Å². The molecular formula is C22H34N6. The number of aryl methyl sites for hydroxylation is 1. The van der Waals surface area contributed by atoms with E-state index in [0.29, 0.717) is 6.04 Å². The van der Waals surface area contributed by atoms with Crippen LogP contribution in [0.5, 0.6) is 0 Å². The molecule has 2 aromatic rings. The van der Waals surface area contributed by atoms with Crippen molar-refractivity contribution >= 4 is 5.69 Å². The summed E-state index contributed by atoms with van der Waals surface area (Å²) in [6.45, 7) is 15.2. The fraction of sp³-hybridized carbons (Fsp3) is 0.636. The maximum Gasteiger partial charge on any atom is 0.0596 e. The van der Waals surface area contributed by atoms with Crippen LogP contribution in [0.25, 0.3) is 0 Å². The molecule has 6 nitrogen and oxygen atoms in total. The summed E-state index contributed by atoms with van der Waals surface area (Å²) in [4.78, 5) is 9.86. The number of hydrogen-bond acceptors (Lipinski definition) is 5. The van der Waals surface area contributed by atoms with E-state index in [1.807, 2.05) is 6.20 Å². The zero-order valence-corrected chi connectivity index (χ0v) is 17.8. The van der Waals surface area contributed by atoms with Gasteiger partial charge in [-0.2, -0.15) is 5.10 Å². The first-order valence-electron chi connectivity index (χ1n) is 10.6. The van der Waals surface area contributed by atoms with Gasteiger partial charge in [0, 0.05) is 66.8 Å². The van der Waals surface area contributed by atoms with Crippen LogP contribution in [0.15, 0.2) is 18.3 Å². The standard InChI is InChI=1S/C22H34N6/c1-16-12-18(13-20(25-16)19-6-5-7-23-19)28-10-8-27(9-11-28)15-17-14-24-26-21(17)22(2,3)4/h12-14,19,23H,5-11,15H2,1-4H3,(H,24,26)/t19-/m1/s1. The third kappa shape index (κ3) is 4.23.